The van der Waals surface area contributed by atoms with Gasteiger partial charge in [0.25, 0.3) is 0 Å². The van der Waals surface area contributed by atoms with E-state index in [2.05, 4.69) is 26.1 Å². The molecule has 1 fully saturated rings. The van der Waals surface area contributed by atoms with E-state index < -0.39 is 0 Å². The minimum absolute atomic E-state index is 0.489. The van der Waals surface area contributed by atoms with Crippen LogP contribution in [0.1, 0.15) is 33.6 Å². The van der Waals surface area contributed by atoms with E-state index in [1.54, 1.807) is 0 Å². The summed E-state index contributed by atoms with van der Waals surface area (Å²) in [5, 5.41) is 3.64. The van der Waals surface area contributed by atoms with Crippen LogP contribution in [0, 0.1) is 11.8 Å². The molecule has 1 rings (SSSR count). The van der Waals surface area contributed by atoms with Crippen LogP contribution in [0.25, 0.3) is 0 Å². The Morgan fingerprint density at radius 3 is 2.56 bits per heavy atom. The van der Waals surface area contributed by atoms with E-state index in [1.807, 2.05) is 0 Å². The van der Waals surface area contributed by atoms with Crippen molar-refractivity contribution in [3.63, 3.8) is 0 Å². The van der Waals surface area contributed by atoms with Crippen molar-refractivity contribution in [1.82, 2.24) is 5.32 Å². The van der Waals surface area contributed by atoms with Gasteiger partial charge >= 0.3 is 0 Å². The monoisotopic (exact) mass is 229 g/mol. The molecule has 3 heteroatoms. The zero-order valence-electron chi connectivity index (χ0n) is 11.0. The second-order valence-corrected chi connectivity index (χ2v) is 4.97. The van der Waals surface area contributed by atoms with Crippen molar-refractivity contribution in [3.05, 3.63) is 0 Å². The molecule has 0 aromatic carbocycles. The summed E-state index contributed by atoms with van der Waals surface area (Å²) in [6, 6.07) is 0.489. The molecule has 0 aromatic heterocycles. The quantitative estimate of drug-likeness (QED) is 0.725. The van der Waals surface area contributed by atoms with Gasteiger partial charge in [0.2, 0.25) is 0 Å². The number of nitrogens with one attached hydrogen (secondary N) is 1. The molecule has 0 aromatic rings. The SMILES string of the molecule is CCOCC(NCC1CCOCC1)C(C)C. The van der Waals surface area contributed by atoms with Crippen molar-refractivity contribution >= 4 is 0 Å². The summed E-state index contributed by atoms with van der Waals surface area (Å²) in [5.41, 5.74) is 0. The Hall–Kier alpha value is -0.120. The summed E-state index contributed by atoms with van der Waals surface area (Å²) in [5.74, 6) is 1.42. The molecule has 1 N–H and O–H groups in total. The van der Waals surface area contributed by atoms with Crippen LogP contribution in [0.4, 0.5) is 0 Å². The standard InChI is InChI=1S/C13H27NO2/c1-4-15-10-13(11(2)3)14-9-12-5-7-16-8-6-12/h11-14H,4-10H2,1-3H3. The highest BCUT2D eigenvalue weighted by atomic mass is 16.5. The average molecular weight is 229 g/mol. The Morgan fingerprint density at radius 2 is 2.00 bits per heavy atom. The number of hydrogen-bond acceptors (Lipinski definition) is 3. The van der Waals surface area contributed by atoms with E-state index in [0.717, 1.165) is 38.9 Å². The lowest BCUT2D eigenvalue weighted by Gasteiger charge is -2.27. The third-order valence-corrected chi connectivity index (χ3v) is 3.32. The maximum Gasteiger partial charge on any atom is 0.0621 e. The molecule has 3 nitrogen and oxygen atoms in total. The van der Waals surface area contributed by atoms with Crippen molar-refractivity contribution in [2.24, 2.45) is 11.8 Å². The fourth-order valence-corrected chi connectivity index (χ4v) is 2.00. The summed E-state index contributed by atoms with van der Waals surface area (Å²) >= 11 is 0. The molecule has 1 saturated heterocycles. The lowest BCUT2D eigenvalue weighted by Crippen LogP contribution is -2.41. The van der Waals surface area contributed by atoms with Gasteiger partial charge in [-0.25, -0.2) is 0 Å². The lowest BCUT2D eigenvalue weighted by molar-refractivity contribution is 0.0605. The Kier molecular flexibility index (Phi) is 7.01. The normalized spacial score (nSPS) is 20.2. The van der Waals surface area contributed by atoms with Crippen LogP contribution in [0.15, 0.2) is 0 Å². The van der Waals surface area contributed by atoms with Crippen molar-refractivity contribution < 1.29 is 9.47 Å². The molecule has 0 aliphatic carbocycles. The van der Waals surface area contributed by atoms with E-state index in [-0.39, 0.29) is 0 Å². The first-order chi connectivity index (χ1) is 7.74. The Balaban J connectivity index is 2.19. The maximum atomic E-state index is 5.51. The topological polar surface area (TPSA) is 30.5 Å². The van der Waals surface area contributed by atoms with Crippen LogP contribution in [-0.2, 0) is 9.47 Å². The highest BCUT2D eigenvalue weighted by Crippen LogP contribution is 2.14. The van der Waals surface area contributed by atoms with Crippen LogP contribution in [0.2, 0.25) is 0 Å². The summed E-state index contributed by atoms with van der Waals surface area (Å²) in [6.07, 6.45) is 2.40. The van der Waals surface area contributed by atoms with Crippen molar-refractivity contribution in [2.75, 3.05) is 33.0 Å². The first kappa shape index (κ1) is 13.9. The Morgan fingerprint density at radius 1 is 1.31 bits per heavy atom. The molecule has 1 heterocycles. The fourth-order valence-electron chi connectivity index (χ4n) is 2.00. The third-order valence-electron chi connectivity index (χ3n) is 3.32. The van der Waals surface area contributed by atoms with Crippen LogP contribution in [0.3, 0.4) is 0 Å². The first-order valence-electron chi connectivity index (χ1n) is 6.63. The lowest BCUT2D eigenvalue weighted by atomic mass is 9.98. The second kappa shape index (κ2) is 8.04. The van der Waals surface area contributed by atoms with E-state index in [0.29, 0.717) is 12.0 Å². The Bertz CT molecular complexity index is 167. The van der Waals surface area contributed by atoms with Gasteiger partial charge < -0.3 is 14.8 Å². The molecule has 0 spiro atoms. The molecule has 1 unspecified atom stereocenters. The van der Waals surface area contributed by atoms with Crippen LogP contribution in [-0.4, -0.2) is 39.0 Å². The average Bonchev–Trinajstić information content (AvgIpc) is 2.30. The predicted octanol–water partition coefficient (Wildman–Crippen LogP) is 2.06. The minimum Gasteiger partial charge on any atom is -0.381 e. The zero-order valence-corrected chi connectivity index (χ0v) is 11.0. The van der Waals surface area contributed by atoms with E-state index in [9.17, 15) is 0 Å². The summed E-state index contributed by atoms with van der Waals surface area (Å²) < 4.78 is 10.9. The van der Waals surface area contributed by atoms with Gasteiger partial charge in [0.15, 0.2) is 0 Å². The van der Waals surface area contributed by atoms with Crippen LogP contribution >= 0.6 is 0 Å². The van der Waals surface area contributed by atoms with Crippen LogP contribution < -0.4 is 5.32 Å². The van der Waals surface area contributed by atoms with Gasteiger partial charge in [0, 0.05) is 25.9 Å². The van der Waals surface area contributed by atoms with Gasteiger partial charge in [-0.15, -0.1) is 0 Å². The molecule has 1 aliphatic rings. The van der Waals surface area contributed by atoms with Gasteiger partial charge in [-0.2, -0.15) is 0 Å². The van der Waals surface area contributed by atoms with E-state index in [4.69, 9.17) is 9.47 Å². The van der Waals surface area contributed by atoms with Crippen LogP contribution in [0.5, 0.6) is 0 Å². The zero-order chi connectivity index (χ0) is 11.8. The third kappa shape index (κ3) is 5.28. The summed E-state index contributed by atoms with van der Waals surface area (Å²) in [6.45, 7) is 11.2. The Labute approximate surface area is 99.9 Å². The van der Waals surface area contributed by atoms with Crippen molar-refractivity contribution in [1.29, 1.82) is 0 Å². The van der Waals surface area contributed by atoms with Crippen molar-refractivity contribution in [3.8, 4) is 0 Å². The largest absolute Gasteiger partial charge is 0.381 e. The van der Waals surface area contributed by atoms with Gasteiger partial charge in [-0.3, -0.25) is 0 Å². The molecule has 0 saturated carbocycles. The molecule has 0 bridgehead atoms. The number of rotatable bonds is 7. The second-order valence-electron chi connectivity index (χ2n) is 4.97. The molecular formula is C13H27NO2. The number of ether oxygens (including phenoxy) is 2. The van der Waals surface area contributed by atoms with E-state index in [1.165, 1.54) is 12.8 Å². The van der Waals surface area contributed by atoms with Gasteiger partial charge in [-0.05, 0) is 38.1 Å². The highest BCUT2D eigenvalue weighted by Gasteiger charge is 2.17. The molecule has 1 atom stereocenters. The molecule has 0 amide bonds. The molecule has 0 radical (unpaired) electrons. The molecule has 96 valence electrons. The summed E-state index contributed by atoms with van der Waals surface area (Å²) in [7, 11) is 0. The van der Waals surface area contributed by atoms with Gasteiger partial charge in [-0.1, -0.05) is 13.8 Å². The predicted molar refractivity (Wildman–Crippen MR) is 66.7 cm³/mol. The summed E-state index contributed by atoms with van der Waals surface area (Å²) in [4.78, 5) is 0. The van der Waals surface area contributed by atoms with Crippen molar-refractivity contribution in [2.45, 2.75) is 39.7 Å². The molecule has 16 heavy (non-hydrogen) atoms. The van der Waals surface area contributed by atoms with E-state index >= 15 is 0 Å². The highest BCUT2D eigenvalue weighted by molar-refractivity contribution is 4.73. The molecule has 1 aliphatic heterocycles. The molecular weight excluding hydrogens is 202 g/mol. The van der Waals surface area contributed by atoms with Gasteiger partial charge in [0.1, 0.15) is 0 Å². The first-order valence-corrected chi connectivity index (χ1v) is 6.63. The fraction of sp³-hybridized carbons (Fsp3) is 1.00. The maximum absolute atomic E-state index is 5.51. The minimum atomic E-state index is 0.489. The smallest absolute Gasteiger partial charge is 0.0621 e. The number of hydrogen-bond donors (Lipinski definition) is 1. The van der Waals surface area contributed by atoms with Gasteiger partial charge in [0.05, 0.1) is 6.61 Å².